The summed E-state index contributed by atoms with van der Waals surface area (Å²) in [6.45, 7) is 13.3. The van der Waals surface area contributed by atoms with Crippen molar-refractivity contribution in [3.63, 3.8) is 0 Å². The van der Waals surface area contributed by atoms with E-state index >= 15 is 0 Å². The van der Waals surface area contributed by atoms with Crippen LogP contribution in [0, 0.1) is 13.8 Å². The molecule has 0 fully saturated rings. The first kappa shape index (κ1) is 22.3. The van der Waals surface area contributed by atoms with Gasteiger partial charge in [0.1, 0.15) is 0 Å². The van der Waals surface area contributed by atoms with Crippen LogP contribution in [0.4, 0.5) is 11.4 Å². The molecule has 0 radical (unpaired) electrons. The summed E-state index contributed by atoms with van der Waals surface area (Å²) in [7, 11) is 0. The third kappa shape index (κ3) is 3.52. The van der Waals surface area contributed by atoms with Gasteiger partial charge in [0, 0.05) is 24.3 Å². The Morgan fingerprint density at radius 1 is 0.758 bits per heavy atom. The van der Waals surface area contributed by atoms with Crippen LogP contribution in [0.1, 0.15) is 67.9 Å². The summed E-state index contributed by atoms with van der Waals surface area (Å²) < 4.78 is -0.229. The van der Waals surface area contributed by atoms with E-state index in [0.29, 0.717) is 0 Å². The molecule has 3 aromatic rings. The molecule has 0 bridgehead atoms. The van der Waals surface area contributed by atoms with Gasteiger partial charge in [-0.1, -0.05) is 74.5 Å². The minimum absolute atomic E-state index is 0.229. The van der Waals surface area contributed by atoms with Crippen molar-refractivity contribution in [1.82, 2.24) is 0 Å². The maximum absolute atomic E-state index is 5.07. The summed E-state index contributed by atoms with van der Waals surface area (Å²) in [6, 6.07) is 21.1. The summed E-state index contributed by atoms with van der Waals surface area (Å²) in [4.78, 5) is 7.62. The van der Waals surface area contributed by atoms with Crippen molar-refractivity contribution >= 4 is 28.2 Å². The van der Waals surface area contributed by atoms with Crippen LogP contribution in [0.15, 0.2) is 59.6 Å². The second-order valence-electron chi connectivity index (χ2n) is 9.43. The molecule has 2 aliphatic rings. The number of hydrogen-bond acceptors (Lipinski definition) is 3. The molecule has 0 N–H and O–H groups in total. The van der Waals surface area contributed by atoms with Crippen molar-refractivity contribution in [2.45, 2.75) is 58.6 Å². The van der Waals surface area contributed by atoms with E-state index in [1.165, 1.54) is 49.7 Å². The SMILES string of the molecule is CCCN(CCC)c1ccc2c(c1)-c1cc(C)ccc1C21SC(CC)=Nc2cc(C)ccc21. The van der Waals surface area contributed by atoms with Crippen molar-refractivity contribution in [3.8, 4) is 11.1 Å². The van der Waals surface area contributed by atoms with E-state index in [1.54, 1.807) is 0 Å². The molecule has 1 aliphatic heterocycles. The fourth-order valence-corrected chi connectivity index (χ4v) is 6.97. The summed E-state index contributed by atoms with van der Waals surface area (Å²) in [5, 5.41) is 1.22. The van der Waals surface area contributed by atoms with Crippen LogP contribution < -0.4 is 4.90 Å². The zero-order valence-electron chi connectivity index (χ0n) is 20.5. The number of rotatable bonds is 6. The largest absolute Gasteiger partial charge is 0.372 e. The Kier molecular flexibility index (Phi) is 5.86. The van der Waals surface area contributed by atoms with E-state index in [9.17, 15) is 0 Å². The predicted molar refractivity (Wildman–Crippen MR) is 145 cm³/mol. The van der Waals surface area contributed by atoms with Crippen LogP contribution in [0.3, 0.4) is 0 Å². The molecule has 33 heavy (non-hydrogen) atoms. The maximum Gasteiger partial charge on any atom is 0.0998 e. The highest BCUT2D eigenvalue weighted by Crippen LogP contribution is 2.63. The number of aliphatic imine (C=N–C) groups is 1. The molecular formula is C30H34N2S. The van der Waals surface area contributed by atoms with Gasteiger partial charge < -0.3 is 4.90 Å². The molecule has 0 aromatic heterocycles. The van der Waals surface area contributed by atoms with Crippen LogP contribution in [0.5, 0.6) is 0 Å². The molecule has 1 spiro atoms. The van der Waals surface area contributed by atoms with E-state index in [4.69, 9.17) is 4.99 Å². The Labute approximate surface area is 203 Å². The van der Waals surface area contributed by atoms with Gasteiger partial charge in [-0.3, -0.25) is 0 Å². The van der Waals surface area contributed by atoms with Gasteiger partial charge in [0.05, 0.1) is 15.5 Å². The first-order valence-electron chi connectivity index (χ1n) is 12.4. The average molecular weight is 455 g/mol. The summed E-state index contributed by atoms with van der Waals surface area (Å²) >= 11 is 1.95. The van der Waals surface area contributed by atoms with Gasteiger partial charge >= 0.3 is 0 Å². The molecule has 3 aromatic carbocycles. The van der Waals surface area contributed by atoms with E-state index in [2.05, 4.69) is 94.1 Å². The minimum Gasteiger partial charge on any atom is -0.372 e. The number of benzene rings is 3. The molecule has 1 atom stereocenters. The molecule has 5 rings (SSSR count). The normalized spacial score (nSPS) is 18.0. The van der Waals surface area contributed by atoms with Crippen LogP contribution in [-0.2, 0) is 4.75 Å². The lowest BCUT2D eigenvalue weighted by Crippen LogP contribution is -2.28. The van der Waals surface area contributed by atoms with E-state index < -0.39 is 0 Å². The maximum atomic E-state index is 5.07. The lowest BCUT2D eigenvalue weighted by molar-refractivity contribution is 0.745. The van der Waals surface area contributed by atoms with Crippen molar-refractivity contribution in [3.05, 3.63) is 82.4 Å². The Balaban J connectivity index is 1.78. The molecular weight excluding hydrogens is 420 g/mol. The van der Waals surface area contributed by atoms with Crippen LogP contribution in [0.2, 0.25) is 0 Å². The van der Waals surface area contributed by atoms with Gasteiger partial charge in [-0.05, 0) is 79.1 Å². The first-order chi connectivity index (χ1) is 16.0. The Bertz CT molecular complexity index is 1240. The quantitative estimate of drug-likeness (QED) is 0.372. The van der Waals surface area contributed by atoms with Gasteiger partial charge in [-0.15, -0.1) is 0 Å². The van der Waals surface area contributed by atoms with E-state index in [0.717, 1.165) is 38.0 Å². The fourth-order valence-electron chi connectivity index (χ4n) is 5.47. The topological polar surface area (TPSA) is 15.6 Å². The lowest BCUT2D eigenvalue weighted by atomic mass is 9.86. The third-order valence-corrected chi connectivity index (χ3v) is 8.51. The Morgan fingerprint density at radius 3 is 2.03 bits per heavy atom. The van der Waals surface area contributed by atoms with E-state index in [1.807, 2.05) is 11.8 Å². The Morgan fingerprint density at radius 2 is 1.36 bits per heavy atom. The smallest absolute Gasteiger partial charge is 0.0998 e. The molecule has 3 heteroatoms. The van der Waals surface area contributed by atoms with Crippen molar-refractivity contribution in [2.24, 2.45) is 4.99 Å². The molecule has 2 nitrogen and oxygen atoms in total. The Hall–Kier alpha value is -2.52. The average Bonchev–Trinajstić information content (AvgIpc) is 3.07. The van der Waals surface area contributed by atoms with Crippen molar-refractivity contribution in [2.75, 3.05) is 18.0 Å². The van der Waals surface area contributed by atoms with Crippen molar-refractivity contribution < 1.29 is 0 Å². The molecule has 1 unspecified atom stereocenters. The molecule has 170 valence electrons. The number of aryl methyl sites for hydroxylation is 2. The minimum atomic E-state index is -0.229. The van der Waals surface area contributed by atoms with Gasteiger partial charge in [0.25, 0.3) is 0 Å². The number of anilines is 1. The summed E-state index contributed by atoms with van der Waals surface area (Å²) in [5.74, 6) is 0. The fraction of sp³-hybridized carbons (Fsp3) is 0.367. The number of thioether (sulfide) groups is 1. The number of fused-ring (bicyclic) bond motifs is 7. The number of hydrogen-bond donors (Lipinski definition) is 0. The van der Waals surface area contributed by atoms with Crippen LogP contribution in [0.25, 0.3) is 11.1 Å². The van der Waals surface area contributed by atoms with Gasteiger partial charge in [-0.2, -0.15) is 0 Å². The lowest BCUT2D eigenvalue weighted by Gasteiger charge is -2.36. The second-order valence-corrected chi connectivity index (χ2v) is 10.7. The van der Waals surface area contributed by atoms with Gasteiger partial charge in [-0.25, -0.2) is 4.99 Å². The van der Waals surface area contributed by atoms with Crippen LogP contribution in [-0.4, -0.2) is 18.1 Å². The second kappa shape index (κ2) is 8.68. The molecule has 1 heterocycles. The standard InChI is InChI=1S/C30H34N2S/c1-6-15-32(16-7-2)22-11-14-26-24(19-22)23-17-20(4)9-12-25(23)30(26)27-13-10-21(5)18-28(27)31-29(8-3)33-30/h9-14,17-19H,6-8,15-16H2,1-5H3. The highest BCUT2D eigenvalue weighted by atomic mass is 32.2. The highest BCUT2D eigenvalue weighted by Gasteiger charge is 2.49. The summed E-state index contributed by atoms with van der Waals surface area (Å²) in [6.07, 6.45) is 3.28. The zero-order chi connectivity index (χ0) is 23.2. The predicted octanol–water partition coefficient (Wildman–Crippen LogP) is 8.39. The summed E-state index contributed by atoms with van der Waals surface area (Å²) in [5.41, 5.74) is 12.0. The molecule has 0 saturated heterocycles. The van der Waals surface area contributed by atoms with E-state index in [-0.39, 0.29) is 4.75 Å². The molecule has 1 aliphatic carbocycles. The first-order valence-corrected chi connectivity index (χ1v) is 13.2. The molecule has 0 saturated carbocycles. The van der Waals surface area contributed by atoms with Crippen molar-refractivity contribution in [1.29, 1.82) is 0 Å². The van der Waals surface area contributed by atoms with Gasteiger partial charge in [0.2, 0.25) is 0 Å². The number of nitrogens with zero attached hydrogens (tertiary/aromatic N) is 2. The molecule has 0 amide bonds. The monoisotopic (exact) mass is 454 g/mol. The van der Waals surface area contributed by atoms with Gasteiger partial charge in [0.15, 0.2) is 0 Å². The highest BCUT2D eigenvalue weighted by molar-refractivity contribution is 8.15. The van der Waals surface area contributed by atoms with Crippen LogP contribution >= 0.6 is 11.8 Å². The third-order valence-electron chi connectivity index (χ3n) is 6.93. The zero-order valence-corrected chi connectivity index (χ0v) is 21.4.